The van der Waals surface area contributed by atoms with E-state index in [1.54, 1.807) is 19.0 Å². The lowest BCUT2D eigenvalue weighted by Gasteiger charge is -2.30. The Kier molecular flexibility index (Phi) is 2.12. The van der Waals surface area contributed by atoms with Gasteiger partial charge in [-0.1, -0.05) is 0 Å². The molecular weight excluding hydrogens is 144 g/mol. The molecule has 4 nitrogen and oxygen atoms in total. The van der Waals surface area contributed by atoms with Crippen molar-refractivity contribution in [2.24, 2.45) is 0 Å². The molecule has 0 saturated carbocycles. The van der Waals surface area contributed by atoms with Crippen molar-refractivity contribution in [3.63, 3.8) is 0 Å². The second-order valence-corrected chi connectivity index (χ2v) is 2.85. The number of likely N-dealkylation sites (N-methyl/N-ethyl adjacent to an activating group) is 1. The summed E-state index contributed by atoms with van der Waals surface area (Å²) < 4.78 is 0. The third-order valence-corrected chi connectivity index (χ3v) is 1.73. The summed E-state index contributed by atoms with van der Waals surface area (Å²) in [6, 6.07) is 0. The smallest absolute Gasteiger partial charge is 0.312 e. The van der Waals surface area contributed by atoms with Crippen LogP contribution in [-0.4, -0.2) is 48.8 Å². The summed E-state index contributed by atoms with van der Waals surface area (Å²) in [5, 5.41) is 0. The van der Waals surface area contributed by atoms with Crippen molar-refractivity contribution in [1.29, 1.82) is 0 Å². The summed E-state index contributed by atoms with van der Waals surface area (Å²) in [6.07, 6.45) is 1.02. The lowest BCUT2D eigenvalue weighted by Crippen LogP contribution is -2.48. The second-order valence-electron chi connectivity index (χ2n) is 2.85. The lowest BCUT2D eigenvalue weighted by molar-refractivity contribution is -0.152. The first-order valence-corrected chi connectivity index (χ1v) is 3.63. The first kappa shape index (κ1) is 8.04. The van der Waals surface area contributed by atoms with Gasteiger partial charge in [-0.25, -0.2) is 0 Å². The van der Waals surface area contributed by atoms with Gasteiger partial charge in [0, 0.05) is 27.2 Å². The van der Waals surface area contributed by atoms with Crippen molar-refractivity contribution in [1.82, 2.24) is 9.80 Å². The molecule has 0 spiro atoms. The van der Waals surface area contributed by atoms with Gasteiger partial charge in [0.1, 0.15) is 0 Å². The van der Waals surface area contributed by atoms with Crippen LogP contribution in [0.15, 0.2) is 0 Å². The number of likely N-dealkylation sites (tertiary alicyclic amines) is 1. The van der Waals surface area contributed by atoms with Crippen LogP contribution in [0.5, 0.6) is 0 Å². The Bertz CT molecular complexity index is 185. The van der Waals surface area contributed by atoms with Crippen molar-refractivity contribution in [3.8, 4) is 0 Å². The summed E-state index contributed by atoms with van der Waals surface area (Å²) in [4.78, 5) is 25.0. The van der Waals surface area contributed by atoms with Gasteiger partial charge in [0.2, 0.25) is 0 Å². The van der Waals surface area contributed by atoms with Crippen LogP contribution in [0.4, 0.5) is 0 Å². The number of hydrogen-bond acceptors (Lipinski definition) is 2. The Hall–Kier alpha value is -1.06. The molecule has 62 valence electrons. The average Bonchev–Trinajstić information content (AvgIpc) is 1.82. The number of carbonyl (C=O) groups is 2. The zero-order chi connectivity index (χ0) is 8.43. The molecular formula is C7H12N2O2. The molecule has 0 aliphatic carbocycles. The van der Waals surface area contributed by atoms with E-state index in [9.17, 15) is 9.59 Å². The molecule has 0 aromatic heterocycles. The summed E-state index contributed by atoms with van der Waals surface area (Å²) in [5.41, 5.74) is 0. The Morgan fingerprint density at radius 2 is 1.82 bits per heavy atom. The van der Waals surface area contributed by atoms with Gasteiger partial charge in [-0.3, -0.25) is 9.59 Å². The molecule has 1 saturated heterocycles. The molecule has 1 heterocycles. The lowest BCUT2D eigenvalue weighted by atomic mass is 10.2. The maximum atomic E-state index is 11.1. The topological polar surface area (TPSA) is 40.6 Å². The molecule has 0 atom stereocenters. The molecule has 2 amide bonds. The van der Waals surface area contributed by atoms with Crippen molar-refractivity contribution < 1.29 is 9.59 Å². The Labute approximate surface area is 65.8 Å². The number of amides is 2. The van der Waals surface area contributed by atoms with Gasteiger partial charge >= 0.3 is 11.8 Å². The fraction of sp³-hybridized carbons (Fsp3) is 0.714. The van der Waals surface area contributed by atoms with Gasteiger partial charge in [-0.15, -0.1) is 0 Å². The molecule has 0 aromatic rings. The predicted octanol–water partition coefficient (Wildman–Crippen LogP) is -0.693. The minimum atomic E-state index is -0.426. The molecule has 0 aromatic carbocycles. The molecule has 1 rings (SSSR count). The van der Waals surface area contributed by atoms with Crippen molar-refractivity contribution in [2.75, 3.05) is 27.2 Å². The quantitative estimate of drug-likeness (QED) is 0.435. The zero-order valence-corrected chi connectivity index (χ0v) is 6.83. The second kappa shape index (κ2) is 2.90. The van der Waals surface area contributed by atoms with E-state index >= 15 is 0 Å². The van der Waals surface area contributed by atoms with Crippen molar-refractivity contribution >= 4 is 11.8 Å². The van der Waals surface area contributed by atoms with Crippen molar-refractivity contribution in [2.45, 2.75) is 6.42 Å². The molecule has 11 heavy (non-hydrogen) atoms. The van der Waals surface area contributed by atoms with Crippen LogP contribution in [0.3, 0.4) is 0 Å². The Morgan fingerprint density at radius 3 is 2.09 bits per heavy atom. The molecule has 4 heteroatoms. The van der Waals surface area contributed by atoms with E-state index in [0.717, 1.165) is 19.5 Å². The molecule has 1 fully saturated rings. The number of carbonyl (C=O) groups excluding carboxylic acids is 2. The van der Waals surface area contributed by atoms with Crippen LogP contribution in [0.2, 0.25) is 0 Å². The van der Waals surface area contributed by atoms with E-state index in [0.29, 0.717) is 0 Å². The normalized spacial score (nSPS) is 15.6. The molecule has 0 radical (unpaired) electrons. The van der Waals surface area contributed by atoms with Crippen molar-refractivity contribution in [3.05, 3.63) is 0 Å². The standard InChI is InChI=1S/C7H12N2O2/c1-8(2)6(10)7(11)9-4-3-5-9/h3-5H2,1-2H3. The summed E-state index contributed by atoms with van der Waals surface area (Å²) in [7, 11) is 3.17. The van der Waals surface area contributed by atoms with E-state index in [1.807, 2.05) is 0 Å². The van der Waals surface area contributed by atoms with E-state index in [-0.39, 0.29) is 5.91 Å². The minimum absolute atomic E-state index is 0.374. The van der Waals surface area contributed by atoms with E-state index in [1.165, 1.54) is 4.90 Å². The molecule has 0 unspecified atom stereocenters. The highest BCUT2D eigenvalue weighted by Crippen LogP contribution is 2.06. The van der Waals surface area contributed by atoms with Crippen LogP contribution in [0, 0.1) is 0 Å². The van der Waals surface area contributed by atoms with E-state index < -0.39 is 5.91 Å². The zero-order valence-electron chi connectivity index (χ0n) is 6.83. The molecule has 1 aliphatic rings. The first-order valence-electron chi connectivity index (χ1n) is 3.63. The maximum Gasteiger partial charge on any atom is 0.312 e. The highest BCUT2D eigenvalue weighted by Gasteiger charge is 2.26. The summed E-state index contributed by atoms with van der Waals surface area (Å²) in [5.74, 6) is -0.800. The largest absolute Gasteiger partial charge is 0.341 e. The van der Waals surface area contributed by atoms with Gasteiger partial charge in [0.15, 0.2) is 0 Å². The van der Waals surface area contributed by atoms with Gasteiger partial charge in [0.25, 0.3) is 0 Å². The first-order chi connectivity index (χ1) is 5.13. The number of rotatable bonds is 0. The average molecular weight is 156 g/mol. The number of hydrogen-bond donors (Lipinski definition) is 0. The molecule has 0 N–H and O–H groups in total. The van der Waals surface area contributed by atoms with Crippen LogP contribution in [0.1, 0.15) is 6.42 Å². The van der Waals surface area contributed by atoms with Gasteiger partial charge in [0.05, 0.1) is 0 Å². The van der Waals surface area contributed by atoms with Crippen LogP contribution in [-0.2, 0) is 9.59 Å². The van der Waals surface area contributed by atoms with E-state index in [2.05, 4.69) is 0 Å². The monoisotopic (exact) mass is 156 g/mol. The van der Waals surface area contributed by atoms with Crippen LogP contribution in [0.25, 0.3) is 0 Å². The van der Waals surface area contributed by atoms with Gasteiger partial charge < -0.3 is 9.80 Å². The summed E-state index contributed by atoms with van der Waals surface area (Å²) >= 11 is 0. The third kappa shape index (κ3) is 1.50. The molecule has 1 aliphatic heterocycles. The minimum Gasteiger partial charge on any atom is -0.341 e. The van der Waals surface area contributed by atoms with Crippen LogP contribution < -0.4 is 0 Å². The number of nitrogens with zero attached hydrogens (tertiary/aromatic N) is 2. The van der Waals surface area contributed by atoms with Gasteiger partial charge in [-0.2, -0.15) is 0 Å². The predicted molar refractivity (Wildman–Crippen MR) is 39.9 cm³/mol. The fourth-order valence-corrected chi connectivity index (χ4v) is 0.846. The Morgan fingerprint density at radius 1 is 1.27 bits per heavy atom. The highest BCUT2D eigenvalue weighted by molar-refractivity contribution is 6.34. The summed E-state index contributed by atoms with van der Waals surface area (Å²) in [6.45, 7) is 1.47. The highest BCUT2D eigenvalue weighted by atomic mass is 16.2. The SMILES string of the molecule is CN(C)C(=O)C(=O)N1CCC1. The van der Waals surface area contributed by atoms with Gasteiger partial charge in [-0.05, 0) is 6.42 Å². The van der Waals surface area contributed by atoms with E-state index in [4.69, 9.17) is 0 Å². The van der Waals surface area contributed by atoms with Crippen LogP contribution >= 0.6 is 0 Å². The Balaban J connectivity index is 2.46. The third-order valence-electron chi connectivity index (χ3n) is 1.73. The fourth-order valence-electron chi connectivity index (χ4n) is 0.846. The maximum absolute atomic E-state index is 11.1. The molecule has 0 bridgehead atoms.